The van der Waals surface area contributed by atoms with E-state index in [9.17, 15) is 36.1 Å². The summed E-state index contributed by atoms with van der Waals surface area (Å²) in [5, 5.41) is 9.45. The topological polar surface area (TPSA) is 88.5 Å². The number of piperidine rings is 1. The zero-order valence-electron chi connectivity index (χ0n) is 30.2. The van der Waals surface area contributed by atoms with Crippen LogP contribution in [-0.4, -0.2) is 114 Å². The van der Waals surface area contributed by atoms with Crippen LogP contribution in [0.1, 0.15) is 88.2 Å². The smallest absolute Gasteiger partial charge is 0.410 e. The van der Waals surface area contributed by atoms with Crippen LogP contribution in [-0.2, 0) is 26.7 Å². The number of carbonyl (C=O) groups excluding carboxylic acids is 1. The van der Waals surface area contributed by atoms with E-state index in [1.54, 1.807) is 4.90 Å². The first-order valence-electron chi connectivity index (χ1n) is 19.2. The third kappa shape index (κ3) is 8.81. The molecule has 1 N–H and O–H groups in total. The van der Waals surface area contributed by atoms with E-state index in [4.69, 9.17) is 14.2 Å². The molecule has 6 rings (SSSR count). The van der Waals surface area contributed by atoms with Gasteiger partial charge in [-0.15, -0.1) is 0 Å². The number of hydrogen-bond acceptors (Lipinski definition) is 7. The Kier molecular flexibility index (Phi) is 12.9. The molecular weight excluding hydrogens is 707 g/mol. The van der Waals surface area contributed by atoms with Gasteiger partial charge in [-0.3, -0.25) is 9.11 Å². The van der Waals surface area contributed by atoms with Crippen LogP contribution in [0.15, 0.2) is 18.2 Å². The first-order chi connectivity index (χ1) is 24.8. The Morgan fingerprint density at radius 3 is 2.46 bits per heavy atom. The van der Waals surface area contributed by atoms with Crippen molar-refractivity contribution >= 4 is 16.9 Å². The number of aliphatic hydroxyl groups excluding tert-OH is 1. The molecule has 2 aliphatic heterocycles. The van der Waals surface area contributed by atoms with Crippen LogP contribution in [0, 0.1) is 23.2 Å². The zero-order valence-corrected chi connectivity index (χ0v) is 31.0. The summed E-state index contributed by atoms with van der Waals surface area (Å²) in [4.78, 5) is 17.5. The Hall–Kier alpha value is -1.87. The molecule has 5 aliphatic rings. The monoisotopic (exact) mass is 762 g/mol. The van der Waals surface area contributed by atoms with Gasteiger partial charge in [0, 0.05) is 60.9 Å². The second kappa shape index (κ2) is 16.9. The summed E-state index contributed by atoms with van der Waals surface area (Å²) < 4.78 is 94.9. The number of aliphatic hydroxyl groups is 1. The van der Waals surface area contributed by atoms with Crippen LogP contribution in [0.5, 0.6) is 5.75 Å². The summed E-state index contributed by atoms with van der Waals surface area (Å²) in [6, 6.07) is 6.49. The molecule has 0 radical (unpaired) electrons. The van der Waals surface area contributed by atoms with Gasteiger partial charge in [-0.2, -0.15) is 22.0 Å². The van der Waals surface area contributed by atoms with E-state index in [1.807, 2.05) is 12.1 Å². The van der Waals surface area contributed by atoms with Gasteiger partial charge in [0.15, 0.2) is 0 Å². The standard InChI is InChI=1S/C38H55F5N2O6S/c1-36-13-9-31-30-6-5-29(51-35(47)45-14-10-28(11-15-45)44-16-19-49-20-17-44)25-27(30)24-26(34(31)32(36)7-8-33(36)50-21-18-46)4-2-22-52(48)23-3-12-37(39,40)38(41,42)43/h5-6,25-26,28,31-34,46H,2-4,7-24H2,1H3/t26-,31-,32+,33+,34-,36+,52?/m1/s1. The highest BCUT2D eigenvalue weighted by atomic mass is 32.2. The maximum atomic E-state index is 13.4. The number of likely N-dealkylation sites (tertiary alicyclic amines) is 1. The lowest BCUT2D eigenvalue weighted by Crippen LogP contribution is -2.50. The first kappa shape index (κ1) is 39.8. The molecule has 1 aromatic rings. The number of benzene rings is 1. The minimum absolute atomic E-state index is 0.0239. The number of rotatable bonds is 13. The fourth-order valence-corrected chi connectivity index (χ4v) is 11.4. The lowest BCUT2D eigenvalue weighted by molar-refractivity contribution is -0.284. The van der Waals surface area contributed by atoms with Gasteiger partial charge in [0.25, 0.3) is 0 Å². The Morgan fingerprint density at radius 2 is 1.75 bits per heavy atom. The van der Waals surface area contributed by atoms with Crippen molar-refractivity contribution in [3.8, 4) is 5.75 Å². The average molecular weight is 763 g/mol. The molecule has 2 saturated carbocycles. The summed E-state index contributed by atoms with van der Waals surface area (Å²) >= 11 is 0. The molecule has 294 valence electrons. The molecule has 14 heteroatoms. The van der Waals surface area contributed by atoms with Crippen LogP contribution >= 0.6 is 0 Å². The maximum Gasteiger partial charge on any atom is 0.453 e. The number of hydrogen-bond donors (Lipinski definition) is 1. The van der Waals surface area contributed by atoms with Crippen molar-refractivity contribution in [2.75, 3.05) is 64.1 Å². The Labute approximate surface area is 306 Å². The van der Waals surface area contributed by atoms with Gasteiger partial charge in [-0.25, -0.2) is 4.79 Å². The first-order valence-corrected chi connectivity index (χ1v) is 20.7. The number of carbonyl (C=O) groups is 1. The van der Waals surface area contributed by atoms with E-state index < -0.39 is 35.7 Å². The quantitative estimate of drug-likeness (QED) is 0.218. The fraction of sp³-hybridized carbons (Fsp3) is 0.816. The molecule has 4 fully saturated rings. The fourth-order valence-electron chi connectivity index (χ4n) is 10.3. The molecule has 1 amide bonds. The van der Waals surface area contributed by atoms with Gasteiger partial charge >= 0.3 is 18.2 Å². The number of amides is 1. The van der Waals surface area contributed by atoms with E-state index in [0.29, 0.717) is 55.7 Å². The summed E-state index contributed by atoms with van der Waals surface area (Å²) in [5.41, 5.74) is 2.39. The number of alkyl halides is 5. The van der Waals surface area contributed by atoms with Crippen molar-refractivity contribution in [2.45, 2.75) is 108 Å². The molecule has 2 saturated heterocycles. The van der Waals surface area contributed by atoms with Crippen LogP contribution < -0.4 is 4.74 Å². The molecule has 7 atom stereocenters. The number of fused-ring (bicyclic) bond motifs is 5. The molecule has 0 aromatic heterocycles. The van der Waals surface area contributed by atoms with Crippen LogP contribution in [0.3, 0.4) is 0 Å². The van der Waals surface area contributed by atoms with Gasteiger partial charge < -0.3 is 24.2 Å². The lowest BCUT2D eigenvalue weighted by Gasteiger charge is -2.53. The summed E-state index contributed by atoms with van der Waals surface area (Å²) in [7, 11) is -1.50. The van der Waals surface area contributed by atoms with E-state index in [-0.39, 0.29) is 41.6 Å². The van der Waals surface area contributed by atoms with Gasteiger partial charge in [0.05, 0.1) is 32.5 Å². The largest absolute Gasteiger partial charge is 0.453 e. The highest BCUT2D eigenvalue weighted by Gasteiger charge is 2.58. The molecule has 3 aliphatic carbocycles. The highest BCUT2D eigenvalue weighted by molar-refractivity contribution is 7.84. The maximum absolute atomic E-state index is 13.4. The molecule has 2 heterocycles. The zero-order chi connectivity index (χ0) is 37.1. The van der Waals surface area contributed by atoms with Gasteiger partial charge in [-0.1, -0.05) is 13.0 Å². The minimum atomic E-state index is -5.60. The number of nitrogens with zero attached hydrogens (tertiary/aromatic N) is 2. The van der Waals surface area contributed by atoms with E-state index in [1.165, 1.54) is 5.56 Å². The third-order valence-electron chi connectivity index (χ3n) is 12.9. The van der Waals surface area contributed by atoms with Crippen molar-refractivity contribution in [1.29, 1.82) is 0 Å². The van der Waals surface area contributed by atoms with Crippen LogP contribution in [0.2, 0.25) is 0 Å². The van der Waals surface area contributed by atoms with E-state index >= 15 is 0 Å². The van der Waals surface area contributed by atoms with Gasteiger partial charge in [-0.05, 0) is 117 Å². The molecule has 1 aromatic carbocycles. The molecule has 0 spiro atoms. The molecule has 8 nitrogen and oxygen atoms in total. The van der Waals surface area contributed by atoms with Crippen molar-refractivity contribution in [1.82, 2.24) is 9.80 Å². The number of ether oxygens (including phenoxy) is 3. The average Bonchev–Trinajstić information content (AvgIpc) is 3.46. The number of halogens is 5. The molecule has 52 heavy (non-hydrogen) atoms. The van der Waals surface area contributed by atoms with Crippen LogP contribution in [0.4, 0.5) is 26.7 Å². The molecule has 1 unspecified atom stereocenters. The van der Waals surface area contributed by atoms with Crippen molar-refractivity contribution in [2.24, 2.45) is 23.2 Å². The lowest BCUT2D eigenvalue weighted by atomic mass is 9.52. The minimum Gasteiger partial charge on any atom is -0.410 e. The molecular formula is C38H55F5N2O6S. The molecule has 0 bridgehead atoms. The van der Waals surface area contributed by atoms with Crippen molar-refractivity contribution in [3.05, 3.63) is 29.3 Å². The van der Waals surface area contributed by atoms with E-state index in [2.05, 4.69) is 17.9 Å². The Bertz CT molecular complexity index is 1390. The second-order valence-electron chi connectivity index (χ2n) is 15.9. The highest BCUT2D eigenvalue weighted by Crippen LogP contribution is 2.63. The van der Waals surface area contributed by atoms with E-state index in [0.717, 1.165) is 83.2 Å². The van der Waals surface area contributed by atoms with Crippen molar-refractivity contribution < 1.29 is 50.3 Å². The third-order valence-corrected chi connectivity index (χ3v) is 14.4. The summed E-state index contributed by atoms with van der Waals surface area (Å²) in [5.74, 6) is -2.93. The normalized spacial score (nSPS) is 30.8. The number of morpholine rings is 1. The van der Waals surface area contributed by atoms with Crippen molar-refractivity contribution in [3.63, 3.8) is 0 Å². The Morgan fingerprint density at radius 1 is 1.02 bits per heavy atom. The van der Waals surface area contributed by atoms with Crippen LogP contribution in [0.25, 0.3) is 0 Å². The summed E-state index contributed by atoms with van der Waals surface area (Å²) in [6.07, 6.45) is 0.106. The predicted octanol–water partition coefficient (Wildman–Crippen LogP) is 6.95. The SMILES string of the molecule is C[C@]12CC[C@@H]3c4ccc(OC(=O)N5CCC(N6CCOCC6)CC5)cc4C[C@@H](CCCS(=O)CCCC(F)(F)C(F)(F)F)[C@H]3[C@@H]1CC[C@@H]2OCCO. The predicted molar refractivity (Wildman–Crippen MR) is 187 cm³/mol. The summed E-state index contributed by atoms with van der Waals surface area (Å²) in [6.45, 7) is 7.24. The second-order valence-corrected chi connectivity index (χ2v) is 17.5. The van der Waals surface area contributed by atoms with Gasteiger partial charge in [0.2, 0.25) is 0 Å². The Balaban J connectivity index is 1.11. The van der Waals surface area contributed by atoms with Gasteiger partial charge in [0.1, 0.15) is 5.75 Å².